The predicted octanol–water partition coefficient (Wildman–Crippen LogP) is 3.87. The van der Waals surface area contributed by atoms with Crippen LogP contribution in [0.3, 0.4) is 0 Å². The number of halogens is 2. The molecule has 0 aliphatic carbocycles. The van der Waals surface area contributed by atoms with Crippen molar-refractivity contribution in [3.05, 3.63) is 36.4 Å². The Morgan fingerprint density at radius 2 is 1.19 bits per heavy atom. The third-order valence-electron chi connectivity index (χ3n) is 5.02. The summed E-state index contributed by atoms with van der Waals surface area (Å²) >= 11 is 0. The number of hydrogen-bond donors (Lipinski definition) is 0. The van der Waals surface area contributed by atoms with Crippen LogP contribution in [0.1, 0.15) is 0 Å². The lowest BCUT2D eigenvalue weighted by molar-refractivity contribution is 1.01. The van der Waals surface area contributed by atoms with Gasteiger partial charge in [0.25, 0.3) is 0 Å². The summed E-state index contributed by atoms with van der Waals surface area (Å²) in [6, 6.07) is 13.4. The molecule has 0 saturated carbocycles. The highest BCUT2D eigenvalue weighted by Gasteiger charge is 2.15. The van der Waals surface area contributed by atoms with Crippen LogP contribution < -0.4 is 9.80 Å². The maximum atomic E-state index is 4.33. The SMILES string of the molecule is Cl.Cl.Cn1c2ccc(N3C=NCC3)cc2c2cc(N3C=NCC3)ccc21. The Kier molecular flexibility index (Phi) is 5.12. The normalized spacial score (nSPS) is 15.7. The Hall–Kier alpha value is -2.24. The van der Waals surface area contributed by atoms with E-state index >= 15 is 0 Å². The average Bonchev–Trinajstić information content (AvgIpc) is 3.36. The number of aryl methyl sites for hydroxylation is 1. The zero-order chi connectivity index (χ0) is 16.1. The van der Waals surface area contributed by atoms with E-state index in [4.69, 9.17) is 0 Å². The summed E-state index contributed by atoms with van der Waals surface area (Å²) in [5, 5.41) is 2.59. The molecule has 0 spiro atoms. The number of anilines is 2. The van der Waals surface area contributed by atoms with Gasteiger partial charge in [-0.25, -0.2) is 0 Å². The molecule has 0 N–H and O–H groups in total. The van der Waals surface area contributed by atoms with E-state index in [0.717, 1.165) is 26.2 Å². The fourth-order valence-corrected chi connectivity index (χ4v) is 3.70. The second kappa shape index (κ2) is 7.17. The minimum absolute atomic E-state index is 0. The van der Waals surface area contributed by atoms with Gasteiger partial charge in [-0.05, 0) is 36.4 Å². The predicted molar refractivity (Wildman–Crippen MR) is 116 cm³/mol. The van der Waals surface area contributed by atoms with Gasteiger partial charge >= 0.3 is 0 Å². The molecule has 2 aromatic carbocycles. The highest BCUT2D eigenvalue weighted by atomic mass is 35.5. The van der Waals surface area contributed by atoms with Crippen molar-refractivity contribution in [2.45, 2.75) is 0 Å². The Bertz CT molecular complexity index is 929. The van der Waals surface area contributed by atoms with Gasteiger partial charge in [-0.3, -0.25) is 9.98 Å². The van der Waals surface area contributed by atoms with Crippen molar-refractivity contribution in [3.63, 3.8) is 0 Å². The van der Waals surface area contributed by atoms with Crippen molar-refractivity contribution in [2.24, 2.45) is 17.0 Å². The third-order valence-corrected chi connectivity index (χ3v) is 5.02. The quantitative estimate of drug-likeness (QED) is 0.666. The lowest BCUT2D eigenvalue weighted by Gasteiger charge is -2.14. The van der Waals surface area contributed by atoms with Crippen molar-refractivity contribution >= 4 is 70.7 Å². The summed E-state index contributed by atoms with van der Waals surface area (Å²) in [6.45, 7) is 3.69. The lowest BCUT2D eigenvalue weighted by Crippen LogP contribution is -2.18. The molecule has 2 aliphatic rings. The third kappa shape index (κ3) is 2.81. The van der Waals surface area contributed by atoms with Crippen molar-refractivity contribution in [1.82, 2.24) is 4.57 Å². The van der Waals surface area contributed by atoms with Crippen molar-refractivity contribution in [2.75, 3.05) is 36.0 Å². The molecule has 2 aliphatic heterocycles. The Labute approximate surface area is 164 Å². The second-order valence-electron chi connectivity index (χ2n) is 6.39. The molecule has 0 bridgehead atoms. The van der Waals surface area contributed by atoms with E-state index in [1.807, 2.05) is 12.7 Å². The molecule has 0 fully saturated rings. The molecule has 136 valence electrons. The molecule has 1 aromatic heterocycles. The van der Waals surface area contributed by atoms with Gasteiger partial charge in [-0.2, -0.15) is 0 Å². The van der Waals surface area contributed by atoms with E-state index in [9.17, 15) is 0 Å². The van der Waals surface area contributed by atoms with Gasteiger partial charge in [0, 0.05) is 53.3 Å². The van der Waals surface area contributed by atoms with Crippen LogP contribution in [-0.4, -0.2) is 43.4 Å². The summed E-state index contributed by atoms with van der Waals surface area (Å²) in [5.41, 5.74) is 4.95. The van der Waals surface area contributed by atoms with E-state index < -0.39 is 0 Å². The van der Waals surface area contributed by atoms with Crippen LogP contribution in [0.2, 0.25) is 0 Å². The van der Waals surface area contributed by atoms with Gasteiger partial charge in [0.1, 0.15) is 0 Å². The molecule has 0 atom stereocenters. The molecule has 26 heavy (non-hydrogen) atoms. The molecule has 0 radical (unpaired) electrons. The van der Waals surface area contributed by atoms with E-state index in [1.54, 1.807) is 0 Å². The highest BCUT2D eigenvalue weighted by molar-refractivity contribution is 6.11. The Morgan fingerprint density at radius 3 is 1.58 bits per heavy atom. The van der Waals surface area contributed by atoms with Gasteiger partial charge in [-0.15, -0.1) is 24.8 Å². The summed E-state index contributed by atoms with van der Waals surface area (Å²) in [5.74, 6) is 0. The number of hydrogen-bond acceptors (Lipinski definition) is 4. The van der Waals surface area contributed by atoms with Crippen LogP contribution in [0.25, 0.3) is 21.8 Å². The minimum Gasteiger partial charge on any atom is -0.344 e. The maximum Gasteiger partial charge on any atom is 0.0895 e. The van der Waals surface area contributed by atoms with Crippen molar-refractivity contribution < 1.29 is 0 Å². The molecule has 0 unspecified atom stereocenters. The van der Waals surface area contributed by atoms with Crippen LogP contribution in [0, 0.1) is 0 Å². The standard InChI is InChI=1S/C19H19N5.2ClH/c1-22-18-4-2-14(23-8-6-20-12-23)10-16(18)17-11-15(3-5-19(17)22)24-9-7-21-13-24;;/h2-5,10-13H,6-9H2,1H3;2*1H. The average molecular weight is 390 g/mol. The minimum atomic E-state index is 0. The van der Waals surface area contributed by atoms with Crippen LogP contribution in [0.4, 0.5) is 11.4 Å². The van der Waals surface area contributed by atoms with Crippen molar-refractivity contribution in [1.29, 1.82) is 0 Å². The van der Waals surface area contributed by atoms with E-state index in [0.29, 0.717) is 0 Å². The van der Waals surface area contributed by atoms with Crippen LogP contribution in [0.5, 0.6) is 0 Å². The molecule has 5 rings (SSSR count). The molecule has 7 heteroatoms. The van der Waals surface area contributed by atoms with Crippen molar-refractivity contribution in [3.8, 4) is 0 Å². The fraction of sp³-hybridized carbons (Fsp3) is 0.263. The Balaban J connectivity index is 0.000000980. The molecule has 0 amide bonds. The maximum absolute atomic E-state index is 4.33. The topological polar surface area (TPSA) is 36.1 Å². The zero-order valence-corrected chi connectivity index (χ0v) is 16.1. The largest absolute Gasteiger partial charge is 0.344 e. The second-order valence-corrected chi connectivity index (χ2v) is 6.39. The zero-order valence-electron chi connectivity index (χ0n) is 14.5. The smallest absolute Gasteiger partial charge is 0.0895 e. The van der Waals surface area contributed by atoms with E-state index in [1.165, 1.54) is 33.2 Å². The summed E-state index contributed by atoms with van der Waals surface area (Å²) in [7, 11) is 2.14. The first-order chi connectivity index (χ1) is 11.8. The summed E-state index contributed by atoms with van der Waals surface area (Å²) < 4.78 is 2.27. The highest BCUT2D eigenvalue weighted by Crippen LogP contribution is 2.34. The van der Waals surface area contributed by atoms with Gasteiger partial charge in [0.2, 0.25) is 0 Å². The molecule has 3 aromatic rings. The van der Waals surface area contributed by atoms with E-state index in [2.05, 4.69) is 67.8 Å². The molecule has 5 nitrogen and oxygen atoms in total. The van der Waals surface area contributed by atoms with Crippen LogP contribution in [0.15, 0.2) is 46.4 Å². The fourth-order valence-electron chi connectivity index (χ4n) is 3.70. The molecule has 3 heterocycles. The number of aromatic nitrogens is 1. The number of fused-ring (bicyclic) bond motifs is 3. The number of benzene rings is 2. The first-order valence-electron chi connectivity index (χ1n) is 8.37. The number of rotatable bonds is 2. The number of nitrogens with zero attached hydrogens (tertiary/aromatic N) is 5. The first kappa shape index (κ1) is 18.5. The van der Waals surface area contributed by atoms with Gasteiger partial charge < -0.3 is 14.4 Å². The summed E-state index contributed by atoms with van der Waals surface area (Å²) in [6.07, 6.45) is 3.89. The number of aliphatic imine (C=N–C) groups is 2. The lowest BCUT2D eigenvalue weighted by atomic mass is 10.1. The van der Waals surface area contributed by atoms with Crippen LogP contribution in [-0.2, 0) is 7.05 Å². The molecular weight excluding hydrogens is 369 g/mol. The van der Waals surface area contributed by atoms with Gasteiger partial charge in [-0.1, -0.05) is 0 Å². The van der Waals surface area contributed by atoms with E-state index in [-0.39, 0.29) is 24.8 Å². The monoisotopic (exact) mass is 389 g/mol. The molecule has 0 saturated heterocycles. The Morgan fingerprint density at radius 1 is 0.731 bits per heavy atom. The molecular formula is C19H21Cl2N5. The van der Waals surface area contributed by atoms with Gasteiger partial charge in [0.05, 0.1) is 25.8 Å². The first-order valence-corrected chi connectivity index (χ1v) is 8.37. The van der Waals surface area contributed by atoms with Crippen LogP contribution >= 0.6 is 24.8 Å². The van der Waals surface area contributed by atoms with Gasteiger partial charge in [0.15, 0.2) is 0 Å². The summed E-state index contributed by atoms with van der Waals surface area (Å²) in [4.78, 5) is 13.1.